The van der Waals surface area contributed by atoms with Crippen LogP contribution in [-0.4, -0.2) is 50.9 Å². The summed E-state index contributed by atoms with van der Waals surface area (Å²) in [6.07, 6.45) is 3.03. The Morgan fingerprint density at radius 3 is 0.571 bits per heavy atom. The fraction of sp³-hybridized carbons (Fsp3) is 0.186. The van der Waals surface area contributed by atoms with Gasteiger partial charge in [-0.05, 0) is 305 Å². The zero-order valence-electron chi connectivity index (χ0n) is 73.8. The number of anilines is 12. The Labute approximate surface area is 743 Å². The highest BCUT2D eigenvalue weighted by atomic mass is 16.5. The van der Waals surface area contributed by atoms with Crippen LogP contribution in [0.2, 0.25) is 0 Å². The summed E-state index contributed by atoms with van der Waals surface area (Å²) >= 11 is 0. The van der Waals surface area contributed by atoms with Gasteiger partial charge in [0.1, 0.15) is 0 Å². The molecule has 20 rings (SSSR count). The first kappa shape index (κ1) is 82.2. The molecule has 16 aromatic carbocycles. The second-order valence-corrected chi connectivity index (χ2v) is 36.2. The summed E-state index contributed by atoms with van der Waals surface area (Å²) in [6.45, 7) is 20.4. The van der Waals surface area contributed by atoms with E-state index in [1.54, 1.807) is 14.2 Å². The zero-order valence-corrected chi connectivity index (χ0v) is 73.8. The van der Waals surface area contributed by atoms with Crippen LogP contribution in [0.4, 0.5) is 68.2 Å². The second kappa shape index (κ2) is 33.9. The van der Waals surface area contributed by atoms with Crippen LogP contribution in [0.3, 0.4) is 0 Å². The van der Waals surface area contributed by atoms with Crippen LogP contribution in [0.1, 0.15) is 122 Å². The molecule has 0 aromatic heterocycles. The van der Waals surface area contributed by atoms with E-state index in [1.807, 2.05) is 0 Å². The van der Waals surface area contributed by atoms with E-state index < -0.39 is 0 Å². The largest absolute Gasteiger partial charge is 0.396 e. The lowest BCUT2D eigenvalue weighted by Crippen LogP contribution is -2.16. The van der Waals surface area contributed by atoms with E-state index in [1.165, 1.54) is 111 Å². The first-order valence-electron chi connectivity index (χ1n) is 44.5. The van der Waals surface area contributed by atoms with Gasteiger partial charge in [0.25, 0.3) is 0 Å². The van der Waals surface area contributed by atoms with Crippen molar-refractivity contribution in [1.29, 1.82) is 0 Å². The molecule has 16 aromatic rings. The summed E-state index contributed by atoms with van der Waals surface area (Å²) in [4.78, 5) is 9.46. The summed E-state index contributed by atoms with van der Waals surface area (Å²) in [6, 6.07) is 134. The molecule has 0 bridgehead atoms. The summed E-state index contributed by atoms with van der Waals surface area (Å²) in [5.41, 5.74) is 43.6. The van der Waals surface area contributed by atoms with Crippen molar-refractivity contribution in [2.75, 3.05) is 60.2 Å². The summed E-state index contributed by atoms with van der Waals surface area (Å²) in [7, 11) is 3.52. The van der Waals surface area contributed by atoms with Crippen molar-refractivity contribution in [3.05, 3.63) is 431 Å². The minimum Gasteiger partial charge on any atom is -0.396 e. The molecule has 4 aliphatic rings. The van der Waals surface area contributed by atoms with Crippen molar-refractivity contribution in [2.45, 2.75) is 103 Å². The number of benzene rings is 16. The van der Waals surface area contributed by atoms with Crippen LogP contribution in [0, 0.1) is 0 Å². The molecule has 4 aliphatic carbocycles. The van der Waals surface area contributed by atoms with Gasteiger partial charge >= 0.3 is 0 Å². The molecule has 8 nitrogen and oxygen atoms in total. The summed E-state index contributed by atoms with van der Waals surface area (Å²) in [5.74, 6) is 0. The maximum atomic E-state index is 9.62. The van der Waals surface area contributed by atoms with E-state index in [9.17, 15) is 10.2 Å². The zero-order chi connectivity index (χ0) is 86.6. The fourth-order valence-electron chi connectivity index (χ4n) is 20.3. The Kier molecular flexibility index (Phi) is 22.1. The molecule has 0 saturated carbocycles. The van der Waals surface area contributed by atoms with Crippen molar-refractivity contribution in [3.8, 4) is 66.8 Å². The molecule has 0 fully saturated rings. The Morgan fingerprint density at radius 1 is 0.198 bits per heavy atom. The third-order valence-electron chi connectivity index (χ3n) is 27.2. The number of rotatable bonds is 24. The number of hydrogen-bond donors (Lipinski definition) is 2. The predicted octanol–water partition coefficient (Wildman–Crippen LogP) is 29.3. The maximum absolute atomic E-state index is 9.62. The highest BCUT2D eigenvalue weighted by molar-refractivity contribution is 5.92. The van der Waals surface area contributed by atoms with Gasteiger partial charge in [0.2, 0.25) is 0 Å². The molecule has 8 heteroatoms. The third kappa shape index (κ3) is 15.1. The van der Waals surface area contributed by atoms with Gasteiger partial charge in [-0.3, -0.25) is 0 Å². The van der Waals surface area contributed by atoms with Gasteiger partial charge in [0, 0.05) is 117 Å². The lowest BCUT2D eigenvalue weighted by Gasteiger charge is -2.29. The summed E-state index contributed by atoms with van der Waals surface area (Å²) in [5, 5.41) is 19.2. The SMILES string of the molecule is CC1(C)c2ccccc2-c2ccc(N(c3ccc(CCO)cc3)c3ccc(-c4ccc(N(c5ccc(CCO)cc5)c5ccc6c(c5)C(C)(C)c5ccccc5-6)cc4)cc3)cc21.COCCc1ccc(N(c2ccc(-c3ccc(N(c4ccc(CCOC)cc4)c4ccc5c(c4)C(C)(C)c4ccccc4-5)cc3)cc2)c2ccc3c(c2)C(C)(C)c2ccccc2-3)cc1. The van der Waals surface area contributed by atoms with Gasteiger partial charge in [-0.1, -0.05) is 274 Å². The van der Waals surface area contributed by atoms with Crippen molar-refractivity contribution in [1.82, 2.24) is 0 Å². The number of nitrogens with zero attached hydrogens (tertiary/aromatic N) is 4. The van der Waals surface area contributed by atoms with E-state index >= 15 is 0 Å². The Balaban J connectivity index is 0.000000165. The van der Waals surface area contributed by atoms with Crippen molar-refractivity contribution in [3.63, 3.8) is 0 Å². The van der Waals surface area contributed by atoms with E-state index in [2.05, 4.69) is 439 Å². The molecule has 0 spiro atoms. The van der Waals surface area contributed by atoms with Gasteiger partial charge in [0.15, 0.2) is 0 Å². The highest BCUT2D eigenvalue weighted by Gasteiger charge is 2.40. The highest BCUT2D eigenvalue weighted by Crippen LogP contribution is 2.56. The van der Waals surface area contributed by atoms with Crippen LogP contribution in [0.25, 0.3) is 66.8 Å². The average molecular weight is 1650 g/mol. The molecular weight excluding hydrogens is 1540 g/mol. The van der Waals surface area contributed by atoms with Crippen LogP contribution in [0.15, 0.2) is 364 Å². The Bertz CT molecular complexity index is 6260. The number of methoxy groups -OCH3 is 2. The average Bonchev–Trinajstić information content (AvgIpc) is 1.60. The maximum Gasteiger partial charge on any atom is 0.0502 e. The van der Waals surface area contributed by atoms with Gasteiger partial charge < -0.3 is 39.3 Å². The molecule has 0 radical (unpaired) electrons. The minimum atomic E-state index is -0.115. The van der Waals surface area contributed by atoms with Crippen molar-refractivity contribution >= 4 is 68.2 Å². The van der Waals surface area contributed by atoms with Crippen molar-refractivity contribution in [2.24, 2.45) is 0 Å². The quantitative estimate of drug-likeness (QED) is 0.0620. The molecular formula is C118H108N4O4. The number of ether oxygens (including phenoxy) is 2. The van der Waals surface area contributed by atoms with Crippen LogP contribution in [-0.2, 0) is 56.8 Å². The van der Waals surface area contributed by atoms with Crippen LogP contribution in [0.5, 0.6) is 0 Å². The van der Waals surface area contributed by atoms with E-state index in [0.717, 1.165) is 103 Å². The monoisotopic (exact) mass is 1640 g/mol. The van der Waals surface area contributed by atoms with Gasteiger partial charge in [-0.25, -0.2) is 0 Å². The number of aliphatic hydroxyl groups excluding tert-OH is 2. The molecule has 624 valence electrons. The molecule has 0 aliphatic heterocycles. The molecule has 0 saturated heterocycles. The smallest absolute Gasteiger partial charge is 0.0502 e. The molecule has 0 unspecified atom stereocenters. The summed E-state index contributed by atoms with van der Waals surface area (Å²) < 4.78 is 10.8. The lowest BCUT2D eigenvalue weighted by molar-refractivity contribution is 0.202. The normalized spacial score (nSPS) is 13.8. The number of fused-ring (bicyclic) bond motifs is 12. The molecule has 0 amide bonds. The number of hydrogen-bond acceptors (Lipinski definition) is 8. The van der Waals surface area contributed by atoms with E-state index in [4.69, 9.17) is 9.47 Å². The Hall–Kier alpha value is -13.4. The standard InChI is InChI=1S/C60H56N2O2.C58H52N2O2/c1-59(2)55-13-9-7-11-51(55)53-33-31-49(39-57(53)59)61(45-23-15-41(16-24-45)35-37-63-5)47-27-19-43(20-28-47)44-21-29-48(30-22-44)62(46-25-17-42(18-26-46)36-38-64-6)50-32-34-54-52-12-8-10-14-56(52)60(3,4)58(54)40-50;1-57(2)53-11-7-5-9-49(53)51-31-29-47(37-55(51)57)59(43-21-13-39(14-22-43)33-35-61)45-25-17-41(18-26-45)42-19-27-46(28-20-42)60(44-23-15-40(16-24-44)34-36-62)48-30-32-52-50-10-6-8-12-54(50)58(3,4)56(52)38-48/h7-34,39-40H,35-38H2,1-6H3;5-32,37-38,61-62H,33-36H2,1-4H3. The topological polar surface area (TPSA) is 71.9 Å². The van der Waals surface area contributed by atoms with Crippen molar-refractivity contribution < 1.29 is 19.7 Å². The first-order chi connectivity index (χ1) is 61.3. The fourth-order valence-corrected chi connectivity index (χ4v) is 20.3. The second-order valence-electron chi connectivity index (χ2n) is 36.2. The van der Waals surface area contributed by atoms with E-state index in [0.29, 0.717) is 26.1 Å². The first-order valence-corrected chi connectivity index (χ1v) is 44.5. The van der Waals surface area contributed by atoms with Gasteiger partial charge in [-0.2, -0.15) is 0 Å². The molecule has 0 heterocycles. The third-order valence-corrected chi connectivity index (χ3v) is 27.2. The lowest BCUT2D eigenvalue weighted by atomic mass is 9.82. The molecule has 0 atom stereocenters. The van der Waals surface area contributed by atoms with Gasteiger partial charge in [0.05, 0.1) is 13.2 Å². The minimum absolute atomic E-state index is 0.0975. The predicted molar refractivity (Wildman–Crippen MR) is 525 cm³/mol. The Morgan fingerprint density at radius 2 is 0.373 bits per heavy atom. The van der Waals surface area contributed by atoms with Crippen LogP contribution >= 0.6 is 0 Å². The van der Waals surface area contributed by atoms with Gasteiger partial charge in [-0.15, -0.1) is 0 Å². The van der Waals surface area contributed by atoms with E-state index in [-0.39, 0.29) is 34.9 Å². The number of aliphatic hydroxyl groups is 2. The van der Waals surface area contributed by atoms with Crippen LogP contribution < -0.4 is 19.6 Å². The molecule has 126 heavy (non-hydrogen) atoms. The molecule has 2 N–H and O–H groups in total.